The number of pyridine rings is 1. The molecular weight excluding hydrogens is 434 g/mol. The van der Waals surface area contributed by atoms with Crippen LogP contribution in [0.4, 0.5) is 0 Å². The number of rotatable bonds is 8. The lowest BCUT2D eigenvalue weighted by atomic mass is 10.0. The highest BCUT2D eigenvalue weighted by Gasteiger charge is 2.21. The van der Waals surface area contributed by atoms with E-state index < -0.39 is 0 Å². The van der Waals surface area contributed by atoms with Gasteiger partial charge in [0.05, 0.1) is 18.0 Å². The fourth-order valence-corrected chi connectivity index (χ4v) is 4.46. The Morgan fingerprint density at radius 3 is 2.64 bits per heavy atom. The van der Waals surface area contributed by atoms with E-state index in [0.717, 1.165) is 22.8 Å². The summed E-state index contributed by atoms with van der Waals surface area (Å²) in [5, 5.41) is 9.58. The predicted molar refractivity (Wildman–Crippen MR) is 129 cm³/mol. The second-order valence-corrected chi connectivity index (χ2v) is 9.09. The second kappa shape index (κ2) is 10.0. The Labute approximate surface area is 197 Å². The summed E-state index contributed by atoms with van der Waals surface area (Å²) in [4.78, 5) is 18.7. The van der Waals surface area contributed by atoms with Crippen LogP contribution in [0.1, 0.15) is 36.8 Å². The van der Waals surface area contributed by atoms with Crippen LogP contribution in [0.3, 0.4) is 0 Å². The molecule has 0 spiro atoms. The number of carbonyl (C=O) groups is 1. The Hall–Kier alpha value is -3.39. The maximum atomic E-state index is 12.8. The molecule has 3 heterocycles. The van der Waals surface area contributed by atoms with Crippen LogP contribution in [0.15, 0.2) is 70.5 Å². The van der Waals surface area contributed by atoms with Gasteiger partial charge in [-0.25, -0.2) is 0 Å². The Morgan fingerprint density at radius 2 is 1.94 bits per heavy atom. The summed E-state index contributed by atoms with van der Waals surface area (Å²) in [7, 11) is 1.78. The van der Waals surface area contributed by atoms with Crippen LogP contribution in [-0.4, -0.2) is 43.4 Å². The van der Waals surface area contributed by atoms with Crippen molar-refractivity contribution in [1.29, 1.82) is 0 Å². The molecule has 4 rings (SSSR count). The van der Waals surface area contributed by atoms with Gasteiger partial charge in [-0.3, -0.25) is 14.3 Å². The van der Waals surface area contributed by atoms with E-state index in [2.05, 4.69) is 41.2 Å². The number of carbonyl (C=O) groups excluding carboxylic acids is 1. The van der Waals surface area contributed by atoms with Crippen LogP contribution in [0, 0.1) is 6.92 Å². The van der Waals surface area contributed by atoms with Crippen molar-refractivity contribution >= 4 is 17.7 Å². The lowest BCUT2D eigenvalue weighted by Gasteiger charge is -2.18. The van der Waals surface area contributed by atoms with E-state index in [-0.39, 0.29) is 11.7 Å². The van der Waals surface area contributed by atoms with Crippen LogP contribution in [0.5, 0.6) is 0 Å². The Kier molecular flexibility index (Phi) is 6.93. The van der Waals surface area contributed by atoms with Gasteiger partial charge in [-0.2, -0.15) is 0 Å². The van der Waals surface area contributed by atoms with Gasteiger partial charge in [0.15, 0.2) is 11.0 Å². The van der Waals surface area contributed by atoms with Crippen LogP contribution < -0.4 is 0 Å². The minimum absolute atomic E-state index is 0.0105. The third kappa shape index (κ3) is 5.17. The van der Waals surface area contributed by atoms with Crippen molar-refractivity contribution in [2.45, 2.75) is 38.4 Å². The zero-order chi connectivity index (χ0) is 23.4. The first-order valence-corrected chi connectivity index (χ1v) is 11.8. The molecule has 0 bridgehead atoms. The van der Waals surface area contributed by atoms with Crippen molar-refractivity contribution in [3.05, 3.63) is 78.0 Å². The van der Waals surface area contributed by atoms with E-state index in [0.29, 0.717) is 23.4 Å². The molecule has 8 heteroatoms. The molecule has 0 N–H and O–H groups in total. The third-order valence-electron chi connectivity index (χ3n) is 5.29. The van der Waals surface area contributed by atoms with Crippen molar-refractivity contribution in [2.24, 2.45) is 0 Å². The van der Waals surface area contributed by atoms with Crippen molar-refractivity contribution in [3.8, 4) is 17.1 Å². The first-order valence-electron chi connectivity index (χ1n) is 10.8. The van der Waals surface area contributed by atoms with Gasteiger partial charge >= 0.3 is 0 Å². The fraction of sp³-hybridized carbons (Fsp3) is 0.280. The van der Waals surface area contributed by atoms with E-state index in [1.54, 1.807) is 24.3 Å². The zero-order valence-corrected chi connectivity index (χ0v) is 20.0. The number of para-hydroxylation sites is 1. The molecule has 7 nitrogen and oxygen atoms in total. The van der Waals surface area contributed by atoms with Crippen LogP contribution in [0.25, 0.3) is 17.1 Å². The van der Waals surface area contributed by atoms with Gasteiger partial charge in [-0.05, 0) is 48.7 Å². The van der Waals surface area contributed by atoms with Crippen molar-refractivity contribution in [3.63, 3.8) is 0 Å². The van der Waals surface area contributed by atoms with Gasteiger partial charge in [-0.15, -0.1) is 10.2 Å². The summed E-state index contributed by atoms with van der Waals surface area (Å²) in [6, 6.07) is 15.9. The predicted octanol–water partition coefficient (Wildman–Crippen LogP) is 5.10. The van der Waals surface area contributed by atoms with Gasteiger partial charge in [-0.1, -0.05) is 43.8 Å². The summed E-state index contributed by atoms with van der Waals surface area (Å²) in [6.45, 7) is 6.64. The number of hydrogen-bond donors (Lipinski definition) is 0. The molecule has 1 amide bonds. The number of aryl methyl sites for hydroxylation is 1. The minimum atomic E-state index is -0.0105. The highest BCUT2D eigenvalue weighted by molar-refractivity contribution is 7.99. The summed E-state index contributed by atoms with van der Waals surface area (Å²) in [5.74, 6) is 2.84. The monoisotopic (exact) mass is 461 g/mol. The largest absolute Gasteiger partial charge is 0.464 e. The van der Waals surface area contributed by atoms with Crippen LogP contribution in [-0.2, 0) is 11.3 Å². The molecule has 3 aromatic heterocycles. The molecule has 0 atom stereocenters. The average Bonchev–Trinajstić information content (AvgIpc) is 3.43. The highest BCUT2D eigenvalue weighted by Crippen LogP contribution is 2.32. The number of nitrogens with zero attached hydrogens (tertiary/aromatic N) is 5. The Balaban J connectivity index is 1.62. The minimum Gasteiger partial charge on any atom is -0.464 e. The Morgan fingerprint density at radius 1 is 1.12 bits per heavy atom. The molecule has 0 aliphatic heterocycles. The smallest absolute Gasteiger partial charge is 0.233 e. The first kappa shape index (κ1) is 22.8. The lowest BCUT2D eigenvalue weighted by Crippen LogP contribution is -2.27. The van der Waals surface area contributed by atoms with E-state index >= 15 is 0 Å². The van der Waals surface area contributed by atoms with E-state index in [4.69, 9.17) is 4.42 Å². The van der Waals surface area contributed by atoms with Gasteiger partial charge in [0.2, 0.25) is 5.91 Å². The molecular formula is C25H27N5O2S. The van der Waals surface area contributed by atoms with Crippen molar-refractivity contribution < 1.29 is 9.21 Å². The fourth-order valence-electron chi connectivity index (χ4n) is 3.57. The van der Waals surface area contributed by atoms with Gasteiger partial charge in [0, 0.05) is 25.0 Å². The molecule has 0 saturated heterocycles. The standard InChI is InChI=1S/C25H27N5O2S/c1-17(2)21-9-5-6-10-22(21)30-24(19-8-7-13-26-14-19)27-28-25(30)33-16-23(31)29(4)15-20-12-11-18(3)32-20/h5-14,17H,15-16H2,1-4H3. The summed E-state index contributed by atoms with van der Waals surface area (Å²) < 4.78 is 7.63. The van der Waals surface area contributed by atoms with Gasteiger partial charge in [0.1, 0.15) is 11.5 Å². The SMILES string of the molecule is Cc1ccc(CN(C)C(=O)CSc2nnc(-c3cccnc3)n2-c2ccccc2C(C)C)o1. The number of amides is 1. The molecule has 0 radical (unpaired) electrons. The van der Waals surface area contributed by atoms with E-state index in [1.165, 1.54) is 17.3 Å². The molecule has 0 aliphatic carbocycles. The average molecular weight is 462 g/mol. The second-order valence-electron chi connectivity index (χ2n) is 8.15. The van der Waals surface area contributed by atoms with Crippen LogP contribution >= 0.6 is 11.8 Å². The van der Waals surface area contributed by atoms with Crippen LogP contribution in [0.2, 0.25) is 0 Å². The number of thioether (sulfide) groups is 1. The first-order chi connectivity index (χ1) is 15.9. The maximum absolute atomic E-state index is 12.8. The Bertz CT molecular complexity index is 1230. The third-order valence-corrected chi connectivity index (χ3v) is 6.21. The van der Waals surface area contributed by atoms with E-state index in [9.17, 15) is 4.79 Å². The summed E-state index contributed by atoms with van der Waals surface area (Å²) >= 11 is 1.38. The molecule has 0 aliphatic rings. The molecule has 0 saturated carbocycles. The summed E-state index contributed by atoms with van der Waals surface area (Å²) in [6.07, 6.45) is 3.51. The number of aromatic nitrogens is 4. The van der Waals surface area contributed by atoms with Crippen molar-refractivity contribution in [1.82, 2.24) is 24.6 Å². The molecule has 33 heavy (non-hydrogen) atoms. The molecule has 170 valence electrons. The normalized spacial score (nSPS) is 11.2. The molecule has 0 unspecified atom stereocenters. The van der Waals surface area contributed by atoms with Gasteiger partial charge in [0.25, 0.3) is 0 Å². The highest BCUT2D eigenvalue weighted by atomic mass is 32.2. The van der Waals surface area contributed by atoms with Gasteiger partial charge < -0.3 is 9.32 Å². The topological polar surface area (TPSA) is 77.1 Å². The molecule has 4 aromatic rings. The number of benzene rings is 1. The molecule has 1 aromatic carbocycles. The number of hydrogen-bond acceptors (Lipinski definition) is 6. The molecule has 0 fully saturated rings. The van der Waals surface area contributed by atoms with Crippen molar-refractivity contribution in [2.75, 3.05) is 12.8 Å². The summed E-state index contributed by atoms with van der Waals surface area (Å²) in [5.41, 5.74) is 3.05. The van der Waals surface area contributed by atoms with E-state index in [1.807, 2.05) is 47.9 Å². The quantitative estimate of drug-likeness (QED) is 0.340. The number of furan rings is 1. The lowest BCUT2D eigenvalue weighted by molar-refractivity contribution is -0.127. The maximum Gasteiger partial charge on any atom is 0.233 e. The zero-order valence-electron chi connectivity index (χ0n) is 19.2.